The Labute approximate surface area is 175 Å². The molecule has 1 aliphatic carbocycles. The highest BCUT2D eigenvalue weighted by atomic mass is 32.2. The first kappa shape index (κ1) is 22.8. The average Bonchev–Trinajstić information content (AvgIpc) is 3.19. The third-order valence-electron chi connectivity index (χ3n) is 6.05. The number of halogens is 3. The van der Waals surface area contributed by atoms with Crippen LogP contribution < -0.4 is 0 Å². The van der Waals surface area contributed by atoms with Crippen LogP contribution in [0, 0.1) is 17.3 Å². The largest absolute Gasteiger partial charge is 0.417 e. The monoisotopic (exact) mass is 444 g/mol. The molecule has 1 amide bonds. The van der Waals surface area contributed by atoms with E-state index >= 15 is 0 Å². The molecule has 1 heterocycles. The SMILES string of the molecule is CC(C)=C[C@H]1[C@H](C(=O)N2CCN(S(=O)(=O)c3ccccc3C(F)(F)F)CC2)C1(C)C. The lowest BCUT2D eigenvalue weighted by atomic mass is 10.1. The quantitative estimate of drug-likeness (QED) is 0.665. The molecule has 0 radical (unpaired) electrons. The zero-order valence-corrected chi connectivity index (χ0v) is 18.3. The van der Waals surface area contributed by atoms with Gasteiger partial charge in [-0.15, -0.1) is 0 Å². The smallest absolute Gasteiger partial charge is 0.340 e. The zero-order valence-electron chi connectivity index (χ0n) is 17.5. The highest BCUT2D eigenvalue weighted by molar-refractivity contribution is 7.89. The number of sulfonamides is 1. The lowest BCUT2D eigenvalue weighted by Gasteiger charge is -2.34. The number of hydrogen-bond acceptors (Lipinski definition) is 3. The maximum absolute atomic E-state index is 13.3. The van der Waals surface area contributed by atoms with Crippen LogP contribution in [0.3, 0.4) is 0 Å². The van der Waals surface area contributed by atoms with Crippen molar-refractivity contribution >= 4 is 15.9 Å². The Morgan fingerprint density at radius 3 is 2.20 bits per heavy atom. The minimum atomic E-state index is -4.76. The summed E-state index contributed by atoms with van der Waals surface area (Å²) in [7, 11) is -4.31. The molecule has 0 N–H and O–H groups in total. The molecular weight excluding hydrogens is 417 g/mol. The summed E-state index contributed by atoms with van der Waals surface area (Å²) in [5, 5.41) is 0. The first-order chi connectivity index (χ1) is 13.8. The van der Waals surface area contributed by atoms with Gasteiger partial charge in [0.25, 0.3) is 0 Å². The number of carbonyl (C=O) groups excluding carboxylic acids is 1. The summed E-state index contributed by atoms with van der Waals surface area (Å²) in [6, 6.07) is 4.19. The van der Waals surface area contributed by atoms with Gasteiger partial charge in [0.2, 0.25) is 15.9 Å². The molecule has 166 valence electrons. The summed E-state index contributed by atoms with van der Waals surface area (Å²) in [5.74, 6) is -0.0211. The van der Waals surface area contributed by atoms with Crippen molar-refractivity contribution in [1.82, 2.24) is 9.21 Å². The third-order valence-corrected chi connectivity index (χ3v) is 8.01. The molecule has 3 rings (SSSR count). The van der Waals surface area contributed by atoms with Crippen LogP contribution in [0.5, 0.6) is 0 Å². The topological polar surface area (TPSA) is 57.7 Å². The molecule has 1 saturated carbocycles. The normalized spacial score (nSPS) is 24.4. The fraction of sp³-hybridized carbons (Fsp3) is 0.571. The fourth-order valence-electron chi connectivity index (χ4n) is 4.23. The van der Waals surface area contributed by atoms with Gasteiger partial charge in [0.05, 0.1) is 16.4 Å². The van der Waals surface area contributed by atoms with Gasteiger partial charge in [-0.2, -0.15) is 17.5 Å². The van der Waals surface area contributed by atoms with Crippen molar-refractivity contribution in [3.63, 3.8) is 0 Å². The number of carbonyl (C=O) groups is 1. The number of amides is 1. The molecule has 0 spiro atoms. The van der Waals surface area contributed by atoms with Crippen molar-refractivity contribution in [2.24, 2.45) is 17.3 Å². The minimum Gasteiger partial charge on any atom is -0.340 e. The standard InChI is InChI=1S/C21H27F3N2O3S/c1-14(2)13-16-18(20(16,3)4)19(27)25-9-11-26(12-10-25)30(28,29)17-8-6-5-7-15(17)21(22,23)24/h5-8,13,16,18H,9-12H2,1-4H3/t16-,18+/m0/s1. The Bertz CT molecular complexity index is 958. The van der Waals surface area contributed by atoms with Crippen LogP contribution in [0.2, 0.25) is 0 Å². The molecule has 1 aliphatic heterocycles. The summed E-state index contributed by atoms with van der Waals surface area (Å²) in [4.78, 5) is 13.8. The van der Waals surface area contributed by atoms with E-state index in [-0.39, 0.29) is 49.3 Å². The van der Waals surface area contributed by atoms with E-state index in [1.807, 2.05) is 27.7 Å². The van der Waals surface area contributed by atoms with Crippen molar-refractivity contribution in [1.29, 1.82) is 0 Å². The second kappa shape index (κ2) is 7.67. The summed E-state index contributed by atoms with van der Waals surface area (Å²) < 4.78 is 66.6. The van der Waals surface area contributed by atoms with Crippen molar-refractivity contribution < 1.29 is 26.4 Å². The van der Waals surface area contributed by atoms with Gasteiger partial charge in [0, 0.05) is 26.2 Å². The van der Waals surface area contributed by atoms with Gasteiger partial charge in [0.15, 0.2) is 0 Å². The molecule has 0 bridgehead atoms. The average molecular weight is 445 g/mol. The zero-order chi connectivity index (χ0) is 22.5. The van der Waals surface area contributed by atoms with Crippen LogP contribution in [-0.4, -0.2) is 49.7 Å². The van der Waals surface area contributed by atoms with E-state index < -0.39 is 26.7 Å². The molecule has 2 atom stereocenters. The molecule has 1 aromatic rings. The summed E-state index contributed by atoms with van der Waals surface area (Å²) in [6.07, 6.45) is -2.67. The van der Waals surface area contributed by atoms with Crippen LogP contribution >= 0.6 is 0 Å². The van der Waals surface area contributed by atoms with Crippen LogP contribution in [-0.2, 0) is 21.0 Å². The van der Waals surface area contributed by atoms with E-state index in [9.17, 15) is 26.4 Å². The van der Waals surface area contributed by atoms with E-state index in [4.69, 9.17) is 0 Å². The molecule has 0 aromatic heterocycles. The Balaban J connectivity index is 1.72. The van der Waals surface area contributed by atoms with Crippen molar-refractivity contribution in [2.45, 2.75) is 38.8 Å². The van der Waals surface area contributed by atoms with Crippen LogP contribution in [0.25, 0.3) is 0 Å². The van der Waals surface area contributed by atoms with Crippen molar-refractivity contribution in [3.8, 4) is 0 Å². The lowest BCUT2D eigenvalue weighted by molar-refractivity contribution is -0.140. The third kappa shape index (κ3) is 4.14. The second-order valence-electron chi connectivity index (χ2n) is 8.79. The maximum Gasteiger partial charge on any atom is 0.417 e. The predicted octanol–water partition coefficient (Wildman–Crippen LogP) is 3.78. The number of alkyl halides is 3. The lowest BCUT2D eigenvalue weighted by Crippen LogP contribution is -2.51. The van der Waals surface area contributed by atoms with Crippen molar-refractivity contribution in [3.05, 3.63) is 41.5 Å². The highest BCUT2D eigenvalue weighted by Gasteiger charge is 2.61. The Kier molecular flexibility index (Phi) is 5.83. The first-order valence-electron chi connectivity index (χ1n) is 9.88. The molecular formula is C21H27F3N2O3S. The van der Waals surface area contributed by atoms with Gasteiger partial charge in [-0.05, 0) is 37.3 Å². The Morgan fingerprint density at radius 2 is 1.67 bits per heavy atom. The molecule has 2 fully saturated rings. The van der Waals surface area contributed by atoms with Crippen molar-refractivity contribution in [2.75, 3.05) is 26.2 Å². The van der Waals surface area contributed by atoms with Gasteiger partial charge < -0.3 is 4.90 Å². The van der Waals surface area contributed by atoms with Gasteiger partial charge in [0.1, 0.15) is 0 Å². The molecule has 0 unspecified atom stereocenters. The molecule has 1 aromatic carbocycles. The fourth-order valence-corrected chi connectivity index (χ4v) is 5.86. The van der Waals surface area contributed by atoms with Gasteiger partial charge in [-0.3, -0.25) is 4.79 Å². The van der Waals surface area contributed by atoms with E-state index in [1.54, 1.807) is 4.90 Å². The van der Waals surface area contributed by atoms with E-state index in [1.165, 1.54) is 12.1 Å². The van der Waals surface area contributed by atoms with E-state index in [0.717, 1.165) is 22.0 Å². The van der Waals surface area contributed by atoms with E-state index in [2.05, 4.69) is 6.08 Å². The summed E-state index contributed by atoms with van der Waals surface area (Å²) >= 11 is 0. The number of rotatable bonds is 4. The number of piperazine rings is 1. The molecule has 9 heteroatoms. The highest BCUT2D eigenvalue weighted by Crippen LogP contribution is 2.60. The maximum atomic E-state index is 13.3. The van der Waals surface area contributed by atoms with Gasteiger partial charge in [-0.25, -0.2) is 8.42 Å². The van der Waals surface area contributed by atoms with Gasteiger partial charge in [-0.1, -0.05) is 37.6 Å². The Morgan fingerprint density at radius 1 is 1.10 bits per heavy atom. The van der Waals surface area contributed by atoms with Gasteiger partial charge >= 0.3 is 6.18 Å². The number of hydrogen-bond donors (Lipinski definition) is 0. The minimum absolute atomic E-state index is 0.0183. The van der Waals surface area contributed by atoms with Crippen LogP contribution in [0.4, 0.5) is 13.2 Å². The van der Waals surface area contributed by atoms with Crippen LogP contribution in [0.15, 0.2) is 40.8 Å². The number of benzene rings is 1. The molecule has 1 saturated heterocycles. The molecule has 30 heavy (non-hydrogen) atoms. The first-order valence-corrected chi connectivity index (χ1v) is 11.3. The molecule has 2 aliphatic rings. The molecule has 5 nitrogen and oxygen atoms in total. The number of nitrogens with zero attached hydrogens (tertiary/aromatic N) is 2. The van der Waals surface area contributed by atoms with E-state index in [0.29, 0.717) is 0 Å². The summed E-state index contributed by atoms with van der Waals surface area (Å²) in [5.41, 5.74) is -0.182. The Hall–Kier alpha value is -1.87. The number of allylic oxidation sites excluding steroid dienone is 2. The predicted molar refractivity (Wildman–Crippen MR) is 107 cm³/mol. The van der Waals surface area contributed by atoms with Crippen LogP contribution in [0.1, 0.15) is 33.3 Å². The summed E-state index contributed by atoms with van der Waals surface area (Å²) in [6.45, 7) is 8.32. The second-order valence-corrected chi connectivity index (χ2v) is 10.7.